The summed E-state index contributed by atoms with van der Waals surface area (Å²) in [4.78, 5) is 0. The summed E-state index contributed by atoms with van der Waals surface area (Å²) in [6.07, 6.45) is 22.1. The first-order valence-corrected chi connectivity index (χ1v) is 11.8. The zero-order valence-corrected chi connectivity index (χ0v) is 19.1. The van der Waals surface area contributed by atoms with Crippen LogP contribution >= 0.6 is 0 Å². The number of rotatable bonds is 23. The maximum Gasteiger partial charge on any atom is 0.187 e. The number of hydrogen-bond donors (Lipinski definition) is 0. The molecule has 0 aliphatic rings. The van der Waals surface area contributed by atoms with Crippen LogP contribution in [0.4, 0.5) is 0 Å². The van der Waals surface area contributed by atoms with Gasteiger partial charge in [0.1, 0.15) is 0 Å². The average Bonchev–Trinajstić information content (AvgIpc) is 2.71. The van der Waals surface area contributed by atoms with E-state index < -0.39 is 0 Å². The second-order valence-corrected chi connectivity index (χ2v) is 7.58. The van der Waals surface area contributed by atoms with Crippen molar-refractivity contribution in [1.29, 1.82) is 0 Å². The Labute approximate surface area is 175 Å². The lowest BCUT2D eigenvalue weighted by molar-refractivity contribution is -0.148. The molecular formula is C24H48O4. The highest BCUT2D eigenvalue weighted by Gasteiger charge is 2.09. The molecule has 0 fully saturated rings. The second-order valence-electron chi connectivity index (χ2n) is 7.58. The molecule has 4 heteroatoms. The minimum absolute atomic E-state index is 0.0158. The fourth-order valence-electron chi connectivity index (χ4n) is 3.05. The molecular weight excluding hydrogens is 352 g/mol. The average molecular weight is 401 g/mol. The van der Waals surface area contributed by atoms with Gasteiger partial charge in [0.2, 0.25) is 0 Å². The van der Waals surface area contributed by atoms with Crippen molar-refractivity contribution in [2.45, 2.75) is 116 Å². The third-order valence-electron chi connectivity index (χ3n) is 4.79. The quantitative estimate of drug-likeness (QED) is 0.102. The first-order chi connectivity index (χ1) is 13.8. The minimum Gasteiger partial charge on any atom is -0.476 e. The molecule has 0 aromatic rings. The smallest absolute Gasteiger partial charge is 0.187 e. The normalized spacial score (nSPS) is 11.7. The van der Waals surface area contributed by atoms with Crippen LogP contribution in [0.15, 0.2) is 12.3 Å². The highest BCUT2D eigenvalue weighted by molar-refractivity contribution is 4.72. The van der Waals surface area contributed by atoms with E-state index in [9.17, 15) is 0 Å². The zero-order chi connectivity index (χ0) is 20.5. The summed E-state index contributed by atoms with van der Waals surface area (Å²) >= 11 is 0. The molecule has 0 heterocycles. The van der Waals surface area contributed by atoms with Gasteiger partial charge in [-0.25, -0.2) is 0 Å². The predicted octanol–water partition coefficient (Wildman–Crippen LogP) is 7.37. The number of unbranched alkanes of at least 4 members (excludes halogenated alkanes) is 11. The highest BCUT2D eigenvalue weighted by atomic mass is 16.7. The first kappa shape index (κ1) is 27.4. The van der Waals surface area contributed by atoms with Crippen LogP contribution in [0.1, 0.15) is 110 Å². The van der Waals surface area contributed by atoms with Crippen molar-refractivity contribution in [2.24, 2.45) is 0 Å². The molecule has 0 unspecified atom stereocenters. The highest BCUT2D eigenvalue weighted by Crippen LogP contribution is 2.13. The van der Waals surface area contributed by atoms with Crippen LogP contribution in [0.3, 0.4) is 0 Å². The van der Waals surface area contributed by atoms with Crippen molar-refractivity contribution in [1.82, 2.24) is 0 Å². The Bertz CT molecular complexity index is 291. The number of allylic oxidation sites excluding steroid dienone is 1. The molecule has 0 aliphatic carbocycles. The Kier molecular flexibility index (Phi) is 24.0. The summed E-state index contributed by atoms with van der Waals surface area (Å²) in [7, 11) is 1.63. The van der Waals surface area contributed by atoms with E-state index in [1.165, 1.54) is 64.2 Å². The summed E-state index contributed by atoms with van der Waals surface area (Å²) in [5.41, 5.74) is 0. The maximum absolute atomic E-state index is 6.05. The molecule has 0 N–H and O–H groups in total. The van der Waals surface area contributed by atoms with Crippen molar-refractivity contribution >= 4 is 0 Å². The molecule has 4 nitrogen and oxygen atoms in total. The molecule has 0 atom stereocenters. The minimum atomic E-state index is -0.0158. The second kappa shape index (κ2) is 24.5. The molecule has 0 spiro atoms. The number of hydrogen-bond acceptors (Lipinski definition) is 4. The lowest BCUT2D eigenvalue weighted by Gasteiger charge is -2.19. The molecule has 28 heavy (non-hydrogen) atoms. The van der Waals surface area contributed by atoms with Gasteiger partial charge in [0, 0.05) is 20.3 Å². The summed E-state index contributed by atoms with van der Waals surface area (Å²) in [5, 5.41) is 0. The predicted molar refractivity (Wildman–Crippen MR) is 118 cm³/mol. The Morgan fingerprint density at radius 2 is 1.25 bits per heavy atom. The maximum atomic E-state index is 6.05. The summed E-state index contributed by atoms with van der Waals surface area (Å²) in [5.74, 6) is 0. The van der Waals surface area contributed by atoms with Crippen LogP contribution in [0, 0.1) is 0 Å². The van der Waals surface area contributed by atoms with Gasteiger partial charge in [0.25, 0.3) is 0 Å². The number of methoxy groups -OCH3 is 1. The molecule has 0 bridgehead atoms. The van der Waals surface area contributed by atoms with Gasteiger partial charge in [-0.2, -0.15) is 0 Å². The molecule has 0 amide bonds. The van der Waals surface area contributed by atoms with Crippen molar-refractivity contribution in [3.05, 3.63) is 12.3 Å². The van der Waals surface area contributed by atoms with Crippen LogP contribution in [0.5, 0.6) is 0 Å². The zero-order valence-electron chi connectivity index (χ0n) is 19.1. The topological polar surface area (TPSA) is 36.9 Å². The van der Waals surface area contributed by atoms with Gasteiger partial charge in [-0.3, -0.25) is 0 Å². The fraction of sp³-hybridized carbons (Fsp3) is 0.917. The Hall–Kier alpha value is -0.580. The lowest BCUT2D eigenvalue weighted by Crippen LogP contribution is -2.19. The van der Waals surface area contributed by atoms with Crippen LogP contribution in [-0.2, 0) is 18.9 Å². The molecule has 168 valence electrons. The number of ether oxygens (including phenoxy) is 4. The largest absolute Gasteiger partial charge is 0.476 e. The summed E-state index contributed by atoms with van der Waals surface area (Å²) in [6, 6.07) is 0. The third kappa shape index (κ3) is 21.7. The molecule has 0 saturated carbocycles. The molecule has 0 rings (SSSR count). The van der Waals surface area contributed by atoms with Crippen molar-refractivity contribution in [2.75, 3.05) is 27.1 Å². The molecule has 0 aromatic carbocycles. The molecule has 0 saturated heterocycles. The van der Waals surface area contributed by atoms with Gasteiger partial charge in [0.15, 0.2) is 13.1 Å². The van der Waals surface area contributed by atoms with Gasteiger partial charge in [0.05, 0.1) is 6.26 Å². The Morgan fingerprint density at radius 3 is 1.82 bits per heavy atom. The van der Waals surface area contributed by atoms with Gasteiger partial charge >= 0.3 is 0 Å². The van der Waals surface area contributed by atoms with E-state index in [0.29, 0.717) is 6.79 Å². The van der Waals surface area contributed by atoms with Gasteiger partial charge in [-0.1, -0.05) is 71.6 Å². The van der Waals surface area contributed by atoms with Crippen LogP contribution < -0.4 is 0 Å². The summed E-state index contributed by atoms with van der Waals surface area (Å²) < 4.78 is 22.1. The van der Waals surface area contributed by atoms with Crippen LogP contribution in [-0.4, -0.2) is 33.4 Å². The van der Waals surface area contributed by atoms with E-state index in [-0.39, 0.29) is 6.29 Å². The van der Waals surface area contributed by atoms with Gasteiger partial charge < -0.3 is 18.9 Å². The standard InChI is InChI=1S/C24H48O4/c1-4-6-8-12-17-21-27-24(28-22-18-13-9-7-5-2)19-15-11-10-14-16-20-26-23-25-3/h16,20,24H,4-15,17-19,21-23H2,1-3H3. The van der Waals surface area contributed by atoms with Gasteiger partial charge in [-0.15, -0.1) is 0 Å². The third-order valence-corrected chi connectivity index (χ3v) is 4.79. The van der Waals surface area contributed by atoms with Crippen molar-refractivity contribution in [3.63, 3.8) is 0 Å². The van der Waals surface area contributed by atoms with E-state index in [1.807, 2.05) is 0 Å². The van der Waals surface area contributed by atoms with E-state index in [4.69, 9.17) is 18.9 Å². The fourth-order valence-corrected chi connectivity index (χ4v) is 3.05. The van der Waals surface area contributed by atoms with Crippen molar-refractivity contribution in [3.8, 4) is 0 Å². The van der Waals surface area contributed by atoms with Gasteiger partial charge in [-0.05, 0) is 44.6 Å². The van der Waals surface area contributed by atoms with E-state index in [2.05, 4.69) is 19.9 Å². The Morgan fingerprint density at radius 1 is 0.679 bits per heavy atom. The van der Waals surface area contributed by atoms with E-state index >= 15 is 0 Å². The first-order valence-electron chi connectivity index (χ1n) is 11.8. The SMILES string of the molecule is CCCCCCCOC(CCCCCC=COCOC)OCCCCCCC. The monoisotopic (exact) mass is 400 g/mol. The van der Waals surface area contributed by atoms with Crippen molar-refractivity contribution < 1.29 is 18.9 Å². The molecule has 0 aliphatic heterocycles. The molecule has 0 aromatic heterocycles. The van der Waals surface area contributed by atoms with Crippen LogP contribution in [0.25, 0.3) is 0 Å². The molecule has 0 radical (unpaired) electrons. The lowest BCUT2D eigenvalue weighted by atomic mass is 10.1. The summed E-state index contributed by atoms with van der Waals surface area (Å²) in [6.45, 7) is 6.50. The van der Waals surface area contributed by atoms with Crippen LogP contribution in [0.2, 0.25) is 0 Å². The van der Waals surface area contributed by atoms with E-state index in [0.717, 1.165) is 45.3 Å². The van der Waals surface area contributed by atoms with E-state index in [1.54, 1.807) is 13.4 Å². The Balaban J connectivity index is 3.83.